The summed E-state index contributed by atoms with van der Waals surface area (Å²) in [6, 6.07) is 10.2. The number of hydrogen-bond acceptors (Lipinski definition) is 4. The molecule has 0 radical (unpaired) electrons. The molecule has 0 unspecified atom stereocenters. The van der Waals surface area contributed by atoms with Crippen molar-refractivity contribution in [3.05, 3.63) is 58.9 Å². The molecule has 1 aliphatic carbocycles. The molecule has 7 heteroatoms. The maximum Gasteiger partial charge on any atom is 0.253 e. The van der Waals surface area contributed by atoms with Gasteiger partial charge >= 0.3 is 0 Å². The summed E-state index contributed by atoms with van der Waals surface area (Å²) in [4.78, 5) is 17.3. The Bertz CT molecular complexity index is 1050. The predicted molar refractivity (Wildman–Crippen MR) is 120 cm³/mol. The maximum absolute atomic E-state index is 12.8. The molecule has 0 atom stereocenters. The second kappa shape index (κ2) is 8.36. The number of halogens is 1. The van der Waals surface area contributed by atoms with E-state index in [-0.39, 0.29) is 23.4 Å². The van der Waals surface area contributed by atoms with Gasteiger partial charge in [-0.1, -0.05) is 23.7 Å². The van der Waals surface area contributed by atoms with E-state index in [2.05, 4.69) is 35.3 Å². The lowest BCUT2D eigenvalue weighted by atomic mass is 9.68. The number of nitrogens with two attached hydrogens (primary N) is 1. The van der Waals surface area contributed by atoms with E-state index >= 15 is 0 Å². The highest BCUT2D eigenvalue weighted by atomic mass is 35.5. The average Bonchev–Trinajstić information content (AvgIpc) is 3.18. The minimum absolute atomic E-state index is 0.0714. The predicted octanol–water partition coefficient (Wildman–Crippen LogP) is 4.23. The number of amides is 1. The average molecular weight is 426 g/mol. The quantitative estimate of drug-likeness (QED) is 0.640. The van der Waals surface area contributed by atoms with Gasteiger partial charge in [0.1, 0.15) is 0 Å². The van der Waals surface area contributed by atoms with Crippen LogP contribution in [0.4, 0.5) is 0 Å². The number of nitrogens with zero attached hydrogens (tertiary/aromatic N) is 3. The van der Waals surface area contributed by atoms with Gasteiger partial charge in [0.2, 0.25) is 0 Å². The highest BCUT2D eigenvalue weighted by molar-refractivity contribution is 6.30. The fourth-order valence-electron chi connectivity index (χ4n) is 4.45. The van der Waals surface area contributed by atoms with Crippen molar-refractivity contribution in [2.45, 2.75) is 57.0 Å². The number of nitrogens with one attached hydrogen (secondary N) is 1. The van der Waals surface area contributed by atoms with Crippen molar-refractivity contribution >= 4 is 28.5 Å². The number of fused-ring (bicyclic) bond motifs is 1. The number of benzene rings is 1. The molecule has 6 nitrogen and oxygen atoms in total. The summed E-state index contributed by atoms with van der Waals surface area (Å²) in [6.07, 6.45) is 7.02. The Balaban J connectivity index is 1.43. The van der Waals surface area contributed by atoms with E-state index in [1.54, 1.807) is 12.4 Å². The number of carbonyl (C=O) groups excluding carboxylic acids is 1. The number of aromatic nitrogens is 3. The Morgan fingerprint density at radius 2 is 2.07 bits per heavy atom. The third kappa shape index (κ3) is 3.94. The molecule has 0 spiro atoms. The summed E-state index contributed by atoms with van der Waals surface area (Å²) in [5.74, 6) is -0.0882. The Hall–Kier alpha value is -2.44. The van der Waals surface area contributed by atoms with E-state index in [4.69, 9.17) is 17.3 Å². The van der Waals surface area contributed by atoms with Gasteiger partial charge in [-0.3, -0.25) is 4.79 Å². The second-order valence-corrected chi connectivity index (χ2v) is 9.00. The van der Waals surface area contributed by atoms with Gasteiger partial charge < -0.3 is 11.1 Å². The summed E-state index contributed by atoms with van der Waals surface area (Å²) in [7, 11) is 0. The van der Waals surface area contributed by atoms with Crippen LogP contribution < -0.4 is 11.1 Å². The Morgan fingerprint density at radius 1 is 1.30 bits per heavy atom. The first-order valence-corrected chi connectivity index (χ1v) is 10.9. The summed E-state index contributed by atoms with van der Waals surface area (Å²) in [5.41, 5.74) is 8.68. The van der Waals surface area contributed by atoms with Crippen molar-refractivity contribution < 1.29 is 4.79 Å². The van der Waals surface area contributed by atoms with E-state index in [9.17, 15) is 4.79 Å². The third-order valence-corrected chi connectivity index (χ3v) is 6.53. The summed E-state index contributed by atoms with van der Waals surface area (Å²) < 4.78 is 1.86. The van der Waals surface area contributed by atoms with E-state index in [1.165, 1.54) is 5.56 Å². The number of carbonyl (C=O) groups is 1. The van der Waals surface area contributed by atoms with E-state index in [0.29, 0.717) is 12.1 Å². The SMILES string of the molecule is CC(C)n1ncc2cc(C(=O)N[C@H]3CC[C@](CN)(c4cccc(Cl)c4)CC3)cnc21. The van der Waals surface area contributed by atoms with Crippen molar-refractivity contribution in [1.29, 1.82) is 0 Å². The Kier molecular flexibility index (Phi) is 5.80. The summed E-state index contributed by atoms with van der Waals surface area (Å²) in [5, 5.41) is 9.17. The van der Waals surface area contributed by atoms with Gasteiger partial charge in [0.15, 0.2) is 5.65 Å². The first-order valence-electron chi connectivity index (χ1n) is 10.5. The van der Waals surface area contributed by atoms with Crippen molar-refractivity contribution in [1.82, 2.24) is 20.1 Å². The summed E-state index contributed by atoms with van der Waals surface area (Å²) in [6.45, 7) is 4.69. The van der Waals surface area contributed by atoms with E-state index in [0.717, 1.165) is 41.7 Å². The Morgan fingerprint density at radius 3 is 2.73 bits per heavy atom. The van der Waals surface area contributed by atoms with Crippen LogP contribution in [-0.4, -0.2) is 33.3 Å². The zero-order valence-electron chi connectivity index (χ0n) is 17.4. The van der Waals surface area contributed by atoms with Crippen molar-refractivity contribution in [3.8, 4) is 0 Å². The Labute approximate surface area is 181 Å². The monoisotopic (exact) mass is 425 g/mol. The topological polar surface area (TPSA) is 85.8 Å². The molecule has 0 bridgehead atoms. The molecule has 0 aliphatic heterocycles. The van der Waals surface area contributed by atoms with Gasteiger partial charge in [0, 0.05) is 40.6 Å². The molecule has 1 amide bonds. The van der Waals surface area contributed by atoms with Crippen LogP contribution in [0, 0.1) is 0 Å². The van der Waals surface area contributed by atoms with Gasteiger partial charge in [0.25, 0.3) is 5.91 Å². The minimum Gasteiger partial charge on any atom is -0.349 e. The van der Waals surface area contributed by atoms with Gasteiger partial charge in [-0.2, -0.15) is 5.10 Å². The van der Waals surface area contributed by atoms with Crippen LogP contribution in [0.25, 0.3) is 11.0 Å². The zero-order chi connectivity index (χ0) is 21.3. The molecular weight excluding hydrogens is 398 g/mol. The molecular formula is C23H28ClN5O. The molecule has 2 aromatic heterocycles. The molecule has 158 valence electrons. The number of hydrogen-bond donors (Lipinski definition) is 2. The van der Waals surface area contributed by atoms with E-state index < -0.39 is 0 Å². The lowest BCUT2D eigenvalue weighted by molar-refractivity contribution is 0.0917. The standard InChI is InChI=1S/C23H28ClN5O/c1-15(2)29-21-16(13-27-29)10-17(12-26-21)22(30)28-20-6-8-23(14-25,9-7-20)18-4-3-5-19(24)11-18/h3-5,10-13,15,20H,6-9,14,25H2,1-2H3,(H,28,30)/t20-,23-. The van der Waals surface area contributed by atoms with Gasteiger partial charge in [0.05, 0.1) is 11.8 Å². The first kappa shape index (κ1) is 20.8. The molecule has 1 saturated carbocycles. The third-order valence-electron chi connectivity index (χ3n) is 6.29. The molecule has 3 aromatic rings. The zero-order valence-corrected chi connectivity index (χ0v) is 18.2. The van der Waals surface area contributed by atoms with Crippen LogP contribution in [0.3, 0.4) is 0 Å². The highest BCUT2D eigenvalue weighted by Crippen LogP contribution is 2.39. The molecule has 0 saturated heterocycles. The maximum atomic E-state index is 12.8. The van der Waals surface area contributed by atoms with Crippen LogP contribution in [-0.2, 0) is 5.41 Å². The van der Waals surface area contributed by atoms with E-state index in [1.807, 2.05) is 28.9 Å². The largest absolute Gasteiger partial charge is 0.349 e. The number of rotatable bonds is 5. The fourth-order valence-corrected chi connectivity index (χ4v) is 4.64. The van der Waals surface area contributed by atoms with Crippen LogP contribution >= 0.6 is 11.6 Å². The van der Waals surface area contributed by atoms with Crippen LogP contribution in [0.2, 0.25) is 5.02 Å². The van der Waals surface area contributed by atoms with Crippen molar-refractivity contribution in [2.24, 2.45) is 5.73 Å². The fraction of sp³-hybridized carbons (Fsp3) is 0.435. The molecule has 2 heterocycles. The lowest BCUT2D eigenvalue weighted by Gasteiger charge is -2.40. The highest BCUT2D eigenvalue weighted by Gasteiger charge is 2.36. The minimum atomic E-state index is -0.0882. The molecule has 1 aromatic carbocycles. The van der Waals surface area contributed by atoms with Gasteiger partial charge in [-0.05, 0) is 63.3 Å². The summed E-state index contributed by atoms with van der Waals surface area (Å²) >= 11 is 6.20. The van der Waals surface area contributed by atoms with Crippen molar-refractivity contribution in [2.75, 3.05) is 6.54 Å². The molecule has 4 rings (SSSR count). The van der Waals surface area contributed by atoms with Gasteiger partial charge in [-0.25, -0.2) is 9.67 Å². The lowest BCUT2D eigenvalue weighted by Crippen LogP contribution is -2.45. The molecule has 1 fully saturated rings. The molecule has 1 aliphatic rings. The van der Waals surface area contributed by atoms with Crippen LogP contribution in [0.15, 0.2) is 42.7 Å². The van der Waals surface area contributed by atoms with Gasteiger partial charge in [-0.15, -0.1) is 0 Å². The van der Waals surface area contributed by atoms with Crippen LogP contribution in [0.1, 0.15) is 61.5 Å². The molecule has 3 N–H and O–H groups in total. The van der Waals surface area contributed by atoms with Crippen LogP contribution in [0.5, 0.6) is 0 Å². The number of pyridine rings is 1. The molecule has 30 heavy (non-hydrogen) atoms. The normalized spacial score (nSPS) is 21.8. The smallest absolute Gasteiger partial charge is 0.253 e. The second-order valence-electron chi connectivity index (χ2n) is 8.56. The first-order chi connectivity index (χ1) is 14.4. The van der Waals surface area contributed by atoms with Crippen molar-refractivity contribution in [3.63, 3.8) is 0 Å².